The second-order valence-corrected chi connectivity index (χ2v) is 2.56. The van der Waals surface area contributed by atoms with Gasteiger partial charge in [-0.2, -0.15) is 0 Å². The maximum Gasteiger partial charge on any atom is 0.0421 e. The van der Waals surface area contributed by atoms with Crippen molar-refractivity contribution in [3.63, 3.8) is 0 Å². The van der Waals surface area contributed by atoms with Crippen LogP contribution in [0.5, 0.6) is 0 Å². The molecule has 0 saturated heterocycles. The van der Waals surface area contributed by atoms with Gasteiger partial charge in [0.25, 0.3) is 0 Å². The Labute approximate surface area is 73.3 Å². The van der Waals surface area contributed by atoms with Crippen molar-refractivity contribution in [1.82, 2.24) is 4.98 Å². The first-order valence-corrected chi connectivity index (χ1v) is 4.16. The zero-order valence-corrected chi connectivity index (χ0v) is 7.38. The van der Waals surface area contributed by atoms with E-state index in [9.17, 15) is 0 Å². The van der Waals surface area contributed by atoms with Gasteiger partial charge in [-0.3, -0.25) is 4.98 Å². The normalized spacial score (nSPS) is 9.42. The number of pyridine rings is 1. The van der Waals surface area contributed by atoms with Gasteiger partial charge in [0.15, 0.2) is 0 Å². The topological polar surface area (TPSA) is 24.9 Å². The Kier molecular flexibility index (Phi) is 3.33. The summed E-state index contributed by atoms with van der Waals surface area (Å²) >= 11 is 0. The molecule has 0 aromatic carbocycles. The van der Waals surface area contributed by atoms with E-state index < -0.39 is 0 Å². The Morgan fingerprint density at radius 1 is 1.67 bits per heavy atom. The molecule has 0 fully saturated rings. The van der Waals surface area contributed by atoms with Crippen molar-refractivity contribution in [1.29, 1.82) is 0 Å². The molecule has 0 radical (unpaired) electrons. The maximum atomic E-state index is 4.20. The zero-order valence-electron chi connectivity index (χ0n) is 7.38. The van der Waals surface area contributed by atoms with Crippen LogP contribution in [0, 0.1) is 0 Å². The van der Waals surface area contributed by atoms with Crippen molar-refractivity contribution in [3.8, 4) is 0 Å². The molecule has 12 heavy (non-hydrogen) atoms. The van der Waals surface area contributed by atoms with E-state index in [4.69, 9.17) is 0 Å². The molecule has 0 atom stereocenters. The number of nitrogens with one attached hydrogen (secondary N) is 1. The third-order valence-electron chi connectivity index (χ3n) is 1.63. The van der Waals surface area contributed by atoms with Gasteiger partial charge in [-0.15, -0.1) is 6.58 Å². The van der Waals surface area contributed by atoms with Crippen molar-refractivity contribution < 1.29 is 0 Å². The molecule has 2 nitrogen and oxygen atoms in total. The molecule has 64 valence electrons. The molecule has 1 aromatic rings. The van der Waals surface area contributed by atoms with E-state index in [1.54, 1.807) is 0 Å². The molecular weight excluding hydrogens is 148 g/mol. The van der Waals surface area contributed by atoms with Crippen LogP contribution in [-0.2, 0) is 6.42 Å². The first kappa shape index (κ1) is 8.78. The summed E-state index contributed by atoms with van der Waals surface area (Å²) in [5.41, 5.74) is 2.23. The Hall–Kier alpha value is -1.31. The van der Waals surface area contributed by atoms with Gasteiger partial charge in [0.05, 0.1) is 0 Å². The maximum absolute atomic E-state index is 4.20. The van der Waals surface area contributed by atoms with Gasteiger partial charge < -0.3 is 5.32 Å². The molecule has 1 heterocycles. The summed E-state index contributed by atoms with van der Waals surface area (Å²) < 4.78 is 0. The Morgan fingerprint density at radius 3 is 3.17 bits per heavy atom. The molecule has 1 aromatic heterocycles. The SMILES string of the molecule is C=CCNc1ccnc(CC)c1. The van der Waals surface area contributed by atoms with Crippen LogP contribution in [-0.4, -0.2) is 11.5 Å². The number of rotatable bonds is 4. The van der Waals surface area contributed by atoms with Gasteiger partial charge in [-0.05, 0) is 18.6 Å². The number of nitrogens with zero attached hydrogens (tertiary/aromatic N) is 1. The van der Waals surface area contributed by atoms with E-state index in [2.05, 4.69) is 29.9 Å². The predicted molar refractivity (Wildman–Crippen MR) is 52.3 cm³/mol. The average molecular weight is 162 g/mol. The van der Waals surface area contributed by atoms with Crippen LogP contribution in [0.25, 0.3) is 0 Å². The highest BCUT2D eigenvalue weighted by atomic mass is 14.9. The molecule has 1 rings (SSSR count). The summed E-state index contributed by atoms with van der Waals surface area (Å²) in [7, 11) is 0. The summed E-state index contributed by atoms with van der Waals surface area (Å²) in [4.78, 5) is 4.20. The zero-order chi connectivity index (χ0) is 8.81. The smallest absolute Gasteiger partial charge is 0.0421 e. The summed E-state index contributed by atoms with van der Waals surface area (Å²) in [6.45, 7) is 6.54. The van der Waals surface area contributed by atoms with Crippen LogP contribution in [0.3, 0.4) is 0 Å². The van der Waals surface area contributed by atoms with E-state index in [0.29, 0.717) is 0 Å². The first-order valence-electron chi connectivity index (χ1n) is 4.16. The number of hydrogen-bond acceptors (Lipinski definition) is 2. The Morgan fingerprint density at radius 2 is 2.50 bits per heavy atom. The quantitative estimate of drug-likeness (QED) is 0.687. The Balaban J connectivity index is 2.65. The molecular formula is C10H14N2. The third-order valence-corrected chi connectivity index (χ3v) is 1.63. The van der Waals surface area contributed by atoms with Crippen LogP contribution < -0.4 is 5.32 Å². The molecule has 0 spiro atoms. The van der Waals surface area contributed by atoms with Gasteiger partial charge in [-0.1, -0.05) is 13.0 Å². The lowest BCUT2D eigenvalue weighted by Crippen LogP contribution is -1.98. The monoisotopic (exact) mass is 162 g/mol. The van der Waals surface area contributed by atoms with Gasteiger partial charge in [-0.25, -0.2) is 0 Å². The van der Waals surface area contributed by atoms with Gasteiger partial charge in [0.1, 0.15) is 0 Å². The number of hydrogen-bond donors (Lipinski definition) is 1. The van der Waals surface area contributed by atoms with Crippen LogP contribution in [0.2, 0.25) is 0 Å². The Bertz CT molecular complexity index is 256. The fraction of sp³-hybridized carbons (Fsp3) is 0.300. The third kappa shape index (κ3) is 2.38. The van der Waals surface area contributed by atoms with E-state index in [0.717, 1.165) is 24.3 Å². The fourth-order valence-electron chi connectivity index (χ4n) is 0.972. The minimum Gasteiger partial charge on any atom is -0.381 e. The molecule has 2 heteroatoms. The molecule has 0 aliphatic heterocycles. The molecule has 0 saturated carbocycles. The fourth-order valence-corrected chi connectivity index (χ4v) is 0.972. The lowest BCUT2D eigenvalue weighted by atomic mass is 10.2. The highest BCUT2D eigenvalue weighted by molar-refractivity contribution is 5.43. The van der Waals surface area contributed by atoms with Gasteiger partial charge >= 0.3 is 0 Å². The van der Waals surface area contributed by atoms with Crippen LogP contribution in [0.4, 0.5) is 5.69 Å². The largest absolute Gasteiger partial charge is 0.381 e. The first-order chi connectivity index (χ1) is 5.86. The number of aryl methyl sites for hydroxylation is 1. The van der Waals surface area contributed by atoms with Gasteiger partial charge in [0, 0.05) is 24.1 Å². The van der Waals surface area contributed by atoms with E-state index >= 15 is 0 Å². The van der Waals surface area contributed by atoms with E-state index in [-0.39, 0.29) is 0 Å². The molecule has 0 unspecified atom stereocenters. The summed E-state index contributed by atoms with van der Waals surface area (Å²) in [5.74, 6) is 0. The molecule has 0 bridgehead atoms. The minimum absolute atomic E-state index is 0.799. The van der Waals surface area contributed by atoms with Crippen molar-refractivity contribution in [2.24, 2.45) is 0 Å². The van der Waals surface area contributed by atoms with E-state index in [1.165, 1.54) is 0 Å². The molecule has 0 aliphatic rings. The number of anilines is 1. The van der Waals surface area contributed by atoms with Crippen LogP contribution >= 0.6 is 0 Å². The summed E-state index contributed by atoms with van der Waals surface area (Å²) in [6.07, 6.45) is 4.64. The van der Waals surface area contributed by atoms with Crippen LogP contribution in [0.1, 0.15) is 12.6 Å². The molecule has 1 N–H and O–H groups in total. The highest BCUT2D eigenvalue weighted by Gasteiger charge is 1.92. The molecule has 0 aliphatic carbocycles. The highest BCUT2D eigenvalue weighted by Crippen LogP contribution is 2.07. The lowest BCUT2D eigenvalue weighted by Gasteiger charge is -2.03. The van der Waals surface area contributed by atoms with Crippen molar-refractivity contribution >= 4 is 5.69 Å². The minimum atomic E-state index is 0.799. The summed E-state index contributed by atoms with van der Waals surface area (Å²) in [5, 5.41) is 3.21. The van der Waals surface area contributed by atoms with E-state index in [1.807, 2.05) is 18.3 Å². The van der Waals surface area contributed by atoms with Crippen LogP contribution in [0.15, 0.2) is 31.0 Å². The van der Waals surface area contributed by atoms with Crippen molar-refractivity contribution in [2.45, 2.75) is 13.3 Å². The second kappa shape index (κ2) is 4.54. The van der Waals surface area contributed by atoms with Gasteiger partial charge in [0.2, 0.25) is 0 Å². The van der Waals surface area contributed by atoms with Crippen molar-refractivity contribution in [3.05, 3.63) is 36.7 Å². The van der Waals surface area contributed by atoms with Crippen molar-refractivity contribution in [2.75, 3.05) is 11.9 Å². The summed E-state index contributed by atoms with van der Waals surface area (Å²) in [6, 6.07) is 4.02. The average Bonchev–Trinajstić information content (AvgIpc) is 2.15. The predicted octanol–water partition coefficient (Wildman–Crippen LogP) is 2.24. The second-order valence-electron chi connectivity index (χ2n) is 2.56. The standard InChI is InChI=1S/C10H14N2/c1-3-6-11-10-5-7-12-9(4-2)8-10/h3,5,7-8H,1,4,6H2,2H3,(H,11,12). The lowest BCUT2D eigenvalue weighted by molar-refractivity contribution is 1.03. The number of aromatic nitrogens is 1. The molecule has 0 amide bonds.